The third kappa shape index (κ3) is 5.09. The second-order valence-electron chi connectivity index (χ2n) is 6.67. The summed E-state index contributed by atoms with van der Waals surface area (Å²) in [6.07, 6.45) is 4.83. The lowest BCUT2D eigenvalue weighted by atomic mass is 9.90. The number of carbonyl (C=O) groups is 2. The fourth-order valence-corrected chi connectivity index (χ4v) is 2.33. The minimum atomic E-state index is -1.08. The van der Waals surface area contributed by atoms with E-state index in [1.807, 2.05) is 20.8 Å². The molecule has 5 nitrogen and oxygen atoms in total. The third-order valence-corrected chi connectivity index (χ3v) is 3.50. The van der Waals surface area contributed by atoms with E-state index in [9.17, 15) is 14.7 Å². The van der Waals surface area contributed by atoms with Gasteiger partial charge in [0.15, 0.2) is 0 Å². The highest BCUT2D eigenvalue weighted by atomic mass is 16.4. The normalized spacial score (nSPS) is 19.3. The monoisotopic (exact) mass is 270 g/mol. The van der Waals surface area contributed by atoms with E-state index in [1.165, 1.54) is 0 Å². The Labute approximate surface area is 115 Å². The van der Waals surface area contributed by atoms with E-state index in [2.05, 4.69) is 10.6 Å². The number of amides is 2. The van der Waals surface area contributed by atoms with Crippen molar-refractivity contribution in [1.29, 1.82) is 0 Å². The van der Waals surface area contributed by atoms with Gasteiger partial charge in [-0.2, -0.15) is 0 Å². The summed E-state index contributed by atoms with van der Waals surface area (Å²) in [5, 5.41) is 14.9. The molecule has 1 saturated carbocycles. The maximum atomic E-state index is 11.9. The quantitative estimate of drug-likeness (QED) is 0.689. The number of carboxylic acids is 1. The number of nitrogens with one attached hydrogen (secondary N) is 2. The summed E-state index contributed by atoms with van der Waals surface area (Å²) in [7, 11) is 0. The van der Waals surface area contributed by atoms with Gasteiger partial charge in [0, 0.05) is 6.54 Å². The number of hydrogen-bond donors (Lipinski definition) is 3. The number of hydrogen-bond acceptors (Lipinski definition) is 2. The highest BCUT2D eigenvalue weighted by Gasteiger charge is 2.40. The molecule has 3 N–H and O–H groups in total. The van der Waals surface area contributed by atoms with Crippen LogP contribution in [-0.4, -0.2) is 29.2 Å². The Hall–Kier alpha value is -1.26. The number of rotatable bonds is 3. The van der Waals surface area contributed by atoms with Gasteiger partial charge in [0.25, 0.3) is 0 Å². The van der Waals surface area contributed by atoms with E-state index in [1.54, 1.807) is 0 Å². The summed E-state index contributed by atoms with van der Waals surface area (Å²) < 4.78 is 0. The van der Waals surface area contributed by atoms with Crippen molar-refractivity contribution in [2.45, 2.75) is 64.8 Å². The van der Waals surface area contributed by atoms with Crippen LogP contribution in [0.4, 0.5) is 4.79 Å². The average molecular weight is 270 g/mol. The summed E-state index contributed by atoms with van der Waals surface area (Å²) in [5.41, 5.74) is -1.10. The largest absolute Gasteiger partial charge is 0.480 e. The molecule has 0 saturated heterocycles. The lowest BCUT2D eigenvalue weighted by molar-refractivity contribution is -0.145. The van der Waals surface area contributed by atoms with Crippen LogP contribution in [0.15, 0.2) is 0 Å². The lowest BCUT2D eigenvalue weighted by Crippen LogP contribution is -2.57. The van der Waals surface area contributed by atoms with E-state index in [0.29, 0.717) is 19.4 Å². The summed E-state index contributed by atoms with van der Waals surface area (Å²) in [6, 6.07) is -0.376. The molecule has 0 aliphatic heterocycles. The highest BCUT2D eigenvalue weighted by molar-refractivity contribution is 5.86. The van der Waals surface area contributed by atoms with Crippen LogP contribution in [0, 0.1) is 5.41 Å². The first kappa shape index (κ1) is 15.8. The van der Waals surface area contributed by atoms with Gasteiger partial charge < -0.3 is 15.7 Å². The Bertz CT molecular complexity index is 326. The van der Waals surface area contributed by atoms with E-state index < -0.39 is 11.5 Å². The highest BCUT2D eigenvalue weighted by Crippen LogP contribution is 2.27. The molecule has 0 atom stereocenters. The van der Waals surface area contributed by atoms with E-state index in [-0.39, 0.29) is 11.4 Å². The van der Waals surface area contributed by atoms with Gasteiger partial charge in [-0.3, -0.25) is 0 Å². The Kier molecular flexibility index (Phi) is 5.20. The van der Waals surface area contributed by atoms with Gasteiger partial charge in [-0.25, -0.2) is 9.59 Å². The van der Waals surface area contributed by atoms with Gasteiger partial charge in [-0.15, -0.1) is 0 Å². The van der Waals surface area contributed by atoms with Crippen molar-refractivity contribution in [3.05, 3.63) is 0 Å². The molecule has 0 spiro atoms. The van der Waals surface area contributed by atoms with Gasteiger partial charge in [0.2, 0.25) is 0 Å². The Morgan fingerprint density at radius 3 is 2.05 bits per heavy atom. The van der Waals surface area contributed by atoms with Crippen LogP contribution < -0.4 is 10.6 Å². The average Bonchev–Trinajstić information content (AvgIpc) is 2.52. The fourth-order valence-electron chi connectivity index (χ4n) is 2.33. The minimum Gasteiger partial charge on any atom is -0.480 e. The number of aliphatic carboxylic acids is 1. The molecule has 0 unspecified atom stereocenters. The third-order valence-electron chi connectivity index (χ3n) is 3.50. The molecule has 1 aliphatic rings. The number of carbonyl (C=O) groups excluding carboxylic acids is 1. The predicted octanol–water partition coefficient (Wildman–Crippen LogP) is 2.51. The number of carboxylic acid groups (broad SMARTS) is 1. The molecule has 0 aromatic rings. The van der Waals surface area contributed by atoms with Gasteiger partial charge >= 0.3 is 12.0 Å². The first-order valence-corrected chi connectivity index (χ1v) is 7.05. The summed E-state index contributed by atoms with van der Waals surface area (Å²) in [6.45, 7) is 6.58. The second kappa shape index (κ2) is 6.26. The molecule has 110 valence electrons. The molecule has 0 heterocycles. The van der Waals surface area contributed by atoms with Crippen LogP contribution in [0.1, 0.15) is 59.3 Å². The lowest BCUT2D eigenvalue weighted by Gasteiger charge is -2.30. The smallest absolute Gasteiger partial charge is 0.329 e. The predicted molar refractivity (Wildman–Crippen MR) is 74.1 cm³/mol. The zero-order valence-corrected chi connectivity index (χ0v) is 12.2. The van der Waals surface area contributed by atoms with Gasteiger partial charge in [0.05, 0.1) is 0 Å². The molecule has 19 heavy (non-hydrogen) atoms. The van der Waals surface area contributed by atoms with Crippen LogP contribution in [-0.2, 0) is 4.79 Å². The molecular weight excluding hydrogens is 244 g/mol. The molecule has 0 radical (unpaired) electrons. The first-order valence-electron chi connectivity index (χ1n) is 7.05. The van der Waals surface area contributed by atoms with Crippen LogP contribution in [0.3, 0.4) is 0 Å². The van der Waals surface area contributed by atoms with E-state index in [4.69, 9.17) is 0 Å². The molecular formula is C14H26N2O3. The van der Waals surface area contributed by atoms with Crippen molar-refractivity contribution in [2.75, 3.05) is 6.54 Å². The van der Waals surface area contributed by atoms with Gasteiger partial charge in [-0.1, -0.05) is 46.5 Å². The van der Waals surface area contributed by atoms with Crippen LogP contribution >= 0.6 is 0 Å². The van der Waals surface area contributed by atoms with Crippen molar-refractivity contribution in [3.8, 4) is 0 Å². The fraction of sp³-hybridized carbons (Fsp3) is 0.857. The van der Waals surface area contributed by atoms with Gasteiger partial charge in [-0.05, 0) is 18.3 Å². The van der Waals surface area contributed by atoms with Crippen molar-refractivity contribution in [1.82, 2.24) is 10.6 Å². The standard InChI is InChI=1S/C14H26N2O3/c1-13(2,3)10-15-12(19)16-14(11(17)18)8-6-4-5-7-9-14/h4-10H2,1-3H3,(H,17,18)(H2,15,16,19). The molecule has 5 heteroatoms. The molecule has 1 fully saturated rings. The molecule has 0 aromatic heterocycles. The van der Waals surface area contributed by atoms with Crippen molar-refractivity contribution in [2.24, 2.45) is 5.41 Å². The zero-order chi connectivity index (χ0) is 14.5. The Morgan fingerprint density at radius 2 is 1.63 bits per heavy atom. The zero-order valence-electron chi connectivity index (χ0n) is 12.2. The SMILES string of the molecule is CC(C)(C)CNC(=O)NC1(C(=O)O)CCCCCC1. The topological polar surface area (TPSA) is 78.4 Å². The maximum Gasteiger partial charge on any atom is 0.329 e. The van der Waals surface area contributed by atoms with Crippen LogP contribution in [0.5, 0.6) is 0 Å². The van der Waals surface area contributed by atoms with Crippen LogP contribution in [0.25, 0.3) is 0 Å². The molecule has 1 rings (SSSR count). The first-order chi connectivity index (χ1) is 8.75. The molecule has 1 aliphatic carbocycles. The second-order valence-corrected chi connectivity index (χ2v) is 6.67. The summed E-state index contributed by atoms with van der Waals surface area (Å²) in [5.74, 6) is -0.916. The Morgan fingerprint density at radius 1 is 1.11 bits per heavy atom. The van der Waals surface area contributed by atoms with E-state index in [0.717, 1.165) is 25.7 Å². The Balaban J connectivity index is 2.62. The van der Waals surface area contributed by atoms with Gasteiger partial charge in [0.1, 0.15) is 5.54 Å². The summed E-state index contributed by atoms with van der Waals surface area (Å²) >= 11 is 0. The van der Waals surface area contributed by atoms with Crippen molar-refractivity contribution >= 4 is 12.0 Å². The number of urea groups is 1. The minimum absolute atomic E-state index is 0.0167. The molecule has 0 aromatic carbocycles. The molecule has 2 amide bonds. The van der Waals surface area contributed by atoms with Crippen LogP contribution in [0.2, 0.25) is 0 Å². The summed E-state index contributed by atoms with van der Waals surface area (Å²) in [4.78, 5) is 23.4. The molecule has 0 bridgehead atoms. The maximum absolute atomic E-state index is 11.9. The van der Waals surface area contributed by atoms with Crippen molar-refractivity contribution in [3.63, 3.8) is 0 Å². The van der Waals surface area contributed by atoms with E-state index >= 15 is 0 Å². The van der Waals surface area contributed by atoms with Crippen molar-refractivity contribution < 1.29 is 14.7 Å².